The second kappa shape index (κ2) is 12.2. The van der Waals surface area contributed by atoms with Gasteiger partial charge in [0.1, 0.15) is 11.6 Å². The number of hydrogen-bond acceptors (Lipinski definition) is 5. The van der Waals surface area contributed by atoms with Gasteiger partial charge >= 0.3 is 5.69 Å². The number of H-pyrrole nitrogens is 2. The molecule has 3 rings (SSSR count). The van der Waals surface area contributed by atoms with Gasteiger partial charge in [0, 0.05) is 30.9 Å². The summed E-state index contributed by atoms with van der Waals surface area (Å²) in [5, 5.41) is 16.6. The van der Waals surface area contributed by atoms with Crippen LogP contribution in [0.1, 0.15) is 29.3 Å². The molecule has 0 aliphatic carbocycles. The summed E-state index contributed by atoms with van der Waals surface area (Å²) in [4.78, 5) is 39.9. The third-order valence-electron chi connectivity index (χ3n) is 5.44. The molecule has 5 N–H and O–H groups in total. The van der Waals surface area contributed by atoms with E-state index in [1.165, 1.54) is 5.56 Å². The summed E-state index contributed by atoms with van der Waals surface area (Å²) in [6.45, 7) is 2.63. The smallest absolute Gasteiger partial charge is 0.325 e. The lowest BCUT2D eigenvalue weighted by Crippen LogP contribution is -2.49. The van der Waals surface area contributed by atoms with Gasteiger partial charge in [-0.1, -0.05) is 31.2 Å². The topological polar surface area (TPSA) is 127 Å². The molecule has 2 unspecified atom stereocenters. The fourth-order valence-electron chi connectivity index (χ4n) is 3.78. The molecule has 1 heterocycles. The first-order valence-corrected chi connectivity index (χ1v) is 11.2. The SMILES string of the molecule is CCc1cccc(CNCC(O)C(Cc2cc(F)cc(F)c2)NC(=O)Cc2cc(=O)[nH]c(=O)[nH]2)c1. The number of carbonyl (C=O) groups is 1. The molecule has 186 valence electrons. The summed E-state index contributed by atoms with van der Waals surface area (Å²) < 4.78 is 27.4. The van der Waals surface area contributed by atoms with Crippen LogP contribution in [0.4, 0.5) is 8.78 Å². The van der Waals surface area contributed by atoms with Crippen molar-refractivity contribution in [2.24, 2.45) is 0 Å². The molecule has 3 aromatic rings. The number of carbonyl (C=O) groups excluding carboxylic acids is 1. The monoisotopic (exact) mass is 486 g/mol. The van der Waals surface area contributed by atoms with Crippen molar-refractivity contribution in [1.29, 1.82) is 0 Å². The van der Waals surface area contributed by atoms with Gasteiger partial charge in [-0.2, -0.15) is 0 Å². The van der Waals surface area contributed by atoms with E-state index in [1.807, 2.05) is 23.2 Å². The van der Waals surface area contributed by atoms with E-state index < -0.39 is 40.9 Å². The summed E-state index contributed by atoms with van der Waals surface area (Å²) in [7, 11) is 0. The van der Waals surface area contributed by atoms with Gasteiger partial charge in [0.25, 0.3) is 5.56 Å². The van der Waals surface area contributed by atoms with Crippen molar-refractivity contribution in [3.63, 3.8) is 0 Å². The number of aliphatic hydroxyl groups excluding tert-OH is 1. The Balaban J connectivity index is 1.69. The zero-order valence-electron chi connectivity index (χ0n) is 19.2. The number of aryl methyl sites for hydroxylation is 1. The van der Waals surface area contributed by atoms with Gasteiger partial charge in [0.2, 0.25) is 5.91 Å². The lowest BCUT2D eigenvalue weighted by Gasteiger charge is -2.25. The highest BCUT2D eigenvalue weighted by atomic mass is 19.1. The Kier molecular flexibility index (Phi) is 9.04. The Morgan fingerprint density at radius 3 is 2.40 bits per heavy atom. The van der Waals surface area contributed by atoms with Gasteiger partial charge < -0.3 is 20.7 Å². The Morgan fingerprint density at radius 2 is 1.71 bits per heavy atom. The van der Waals surface area contributed by atoms with Gasteiger partial charge in [-0.05, 0) is 41.7 Å². The predicted molar refractivity (Wildman–Crippen MR) is 127 cm³/mol. The number of nitrogens with one attached hydrogen (secondary N) is 4. The van der Waals surface area contributed by atoms with Crippen LogP contribution in [-0.2, 0) is 30.6 Å². The van der Waals surface area contributed by atoms with Crippen molar-refractivity contribution < 1.29 is 18.7 Å². The predicted octanol–water partition coefficient (Wildman–Crippen LogP) is 1.32. The quantitative estimate of drug-likeness (QED) is 0.280. The number of aliphatic hydroxyl groups is 1. The van der Waals surface area contributed by atoms with E-state index in [4.69, 9.17) is 0 Å². The van der Waals surface area contributed by atoms with Crippen LogP contribution in [-0.4, -0.2) is 39.7 Å². The van der Waals surface area contributed by atoms with Crippen molar-refractivity contribution in [1.82, 2.24) is 20.6 Å². The van der Waals surface area contributed by atoms with Gasteiger partial charge in [-0.15, -0.1) is 0 Å². The van der Waals surface area contributed by atoms with E-state index >= 15 is 0 Å². The number of hydrogen-bond donors (Lipinski definition) is 5. The average molecular weight is 487 g/mol. The number of aromatic amines is 2. The van der Waals surface area contributed by atoms with E-state index in [1.54, 1.807) is 0 Å². The Bertz CT molecular complexity index is 1230. The lowest BCUT2D eigenvalue weighted by atomic mass is 10.00. The summed E-state index contributed by atoms with van der Waals surface area (Å²) in [6, 6.07) is 11.2. The van der Waals surface area contributed by atoms with Gasteiger partial charge in [-0.25, -0.2) is 13.6 Å². The minimum atomic E-state index is -1.10. The fraction of sp³-hybridized carbons (Fsp3) is 0.320. The van der Waals surface area contributed by atoms with Gasteiger partial charge in [0.15, 0.2) is 0 Å². The fourth-order valence-corrected chi connectivity index (χ4v) is 3.78. The molecule has 0 radical (unpaired) electrons. The average Bonchev–Trinajstić information content (AvgIpc) is 2.77. The maximum Gasteiger partial charge on any atom is 0.325 e. The summed E-state index contributed by atoms with van der Waals surface area (Å²) >= 11 is 0. The van der Waals surface area contributed by atoms with E-state index in [2.05, 4.69) is 28.6 Å². The van der Waals surface area contributed by atoms with Crippen molar-refractivity contribution in [2.45, 2.75) is 44.9 Å². The van der Waals surface area contributed by atoms with Crippen LogP contribution >= 0.6 is 0 Å². The molecule has 0 saturated carbocycles. The molecule has 35 heavy (non-hydrogen) atoms. The van der Waals surface area contributed by atoms with Gasteiger partial charge in [-0.3, -0.25) is 14.6 Å². The molecule has 8 nitrogen and oxygen atoms in total. The highest BCUT2D eigenvalue weighted by molar-refractivity contribution is 5.78. The molecule has 2 atom stereocenters. The highest BCUT2D eigenvalue weighted by Gasteiger charge is 2.23. The minimum absolute atomic E-state index is 0.0412. The molecule has 0 aliphatic rings. The maximum absolute atomic E-state index is 13.7. The molecule has 0 bridgehead atoms. The summed E-state index contributed by atoms with van der Waals surface area (Å²) in [5.74, 6) is -2.12. The summed E-state index contributed by atoms with van der Waals surface area (Å²) in [5.41, 5.74) is 1.16. The Hall–Kier alpha value is -3.63. The molecular formula is C25H28F2N4O4. The van der Waals surface area contributed by atoms with Crippen molar-refractivity contribution >= 4 is 5.91 Å². The van der Waals surface area contributed by atoms with Gasteiger partial charge in [0.05, 0.1) is 18.6 Å². The molecule has 2 aromatic carbocycles. The zero-order chi connectivity index (χ0) is 25.4. The van der Waals surface area contributed by atoms with Crippen molar-refractivity contribution in [3.8, 4) is 0 Å². The van der Waals surface area contributed by atoms with Crippen LogP contribution in [0.15, 0.2) is 58.1 Å². The molecule has 1 aromatic heterocycles. The van der Waals surface area contributed by atoms with E-state index in [9.17, 15) is 28.3 Å². The number of halogens is 2. The first-order chi connectivity index (χ1) is 16.7. The first kappa shape index (κ1) is 26.0. The van der Waals surface area contributed by atoms with E-state index in [0.29, 0.717) is 6.54 Å². The highest BCUT2D eigenvalue weighted by Crippen LogP contribution is 2.12. The van der Waals surface area contributed by atoms with E-state index in [0.717, 1.165) is 36.2 Å². The van der Waals surface area contributed by atoms with Crippen LogP contribution in [0.25, 0.3) is 0 Å². The van der Waals surface area contributed by atoms with Crippen LogP contribution in [0, 0.1) is 11.6 Å². The molecule has 0 fully saturated rings. The third kappa shape index (κ3) is 8.27. The first-order valence-electron chi connectivity index (χ1n) is 11.2. The zero-order valence-corrected chi connectivity index (χ0v) is 19.2. The molecule has 0 spiro atoms. The lowest BCUT2D eigenvalue weighted by molar-refractivity contribution is -0.122. The summed E-state index contributed by atoms with van der Waals surface area (Å²) in [6.07, 6.45) is -0.567. The number of aromatic nitrogens is 2. The third-order valence-corrected chi connectivity index (χ3v) is 5.44. The molecule has 1 amide bonds. The van der Waals surface area contributed by atoms with Crippen molar-refractivity contribution in [2.75, 3.05) is 6.54 Å². The Morgan fingerprint density at radius 1 is 1.00 bits per heavy atom. The number of rotatable bonds is 11. The van der Waals surface area contributed by atoms with Crippen LogP contribution in [0.3, 0.4) is 0 Å². The Labute approximate surface area is 200 Å². The molecule has 10 heteroatoms. The molecule has 0 saturated heterocycles. The van der Waals surface area contributed by atoms with Crippen LogP contribution in [0.2, 0.25) is 0 Å². The second-order valence-corrected chi connectivity index (χ2v) is 8.32. The largest absolute Gasteiger partial charge is 0.390 e. The minimum Gasteiger partial charge on any atom is -0.390 e. The maximum atomic E-state index is 13.7. The second-order valence-electron chi connectivity index (χ2n) is 8.32. The number of amides is 1. The van der Waals surface area contributed by atoms with E-state index in [-0.39, 0.29) is 30.6 Å². The molecular weight excluding hydrogens is 458 g/mol. The standard InChI is InChI=1S/C25H28F2N4O4/c1-2-15-4-3-5-16(6-15)13-28-14-22(32)21(9-17-7-18(26)10-19(27)8-17)30-23(33)11-20-12-24(34)31-25(35)29-20/h3-8,10,12,21-22,28,32H,2,9,11,13-14H2,1H3,(H,30,33)(H2,29,31,34,35). The number of benzene rings is 2. The normalized spacial score (nSPS) is 12.8. The van der Waals surface area contributed by atoms with Crippen molar-refractivity contribution in [3.05, 3.63) is 103 Å². The molecule has 0 aliphatic heterocycles. The van der Waals surface area contributed by atoms with Crippen LogP contribution in [0.5, 0.6) is 0 Å². The van der Waals surface area contributed by atoms with Crippen LogP contribution < -0.4 is 21.9 Å².